The van der Waals surface area contributed by atoms with Gasteiger partial charge in [-0.2, -0.15) is 0 Å². The van der Waals surface area contributed by atoms with E-state index in [-0.39, 0.29) is 11.7 Å². The number of nitrogens with one attached hydrogen (secondary N) is 1. The molecule has 0 radical (unpaired) electrons. The van der Waals surface area contributed by atoms with Gasteiger partial charge in [0.25, 0.3) is 5.69 Å². The van der Waals surface area contributed by atoms with Gasteiger partial charge in [0.1, 0.15) is 0 Å². The minimum Gasteiger partial charge on any atom is -0.379 e. The average molecular weight is 287 g/mol. The first-order valence-electron chi connectivity index (χ1n) is 4.95. The van der Waals surface area contributed by atoms with E-state index in [1.54, 1.807) is 6.07 Å². The number of non-ortho nitro benzene ring substituents is 1. The van der Waals surface area contributed by atoms with E-state index < -0.39 is 4.92 Å². The molecule has 1 saturated heterocycles. The van der Waals surface area contributed by atoms with Crippen LogP contribution in [-0.4, -0.2) is 24.2 Å². The van der Waals surface area contributed by atoms with Crippen molar-refractivity contribution in [2.45, 2.75) is 12.5 Å². The van der Waals surface area contributed by atoms with Crippen molar-refractivity contribution in [2.24, 2.45) is 0 Å². The molecule has 86 valence electrons. The smallest absolute Gasteiger partial charge is 0.270 e. The lowest BCUT2D eigenvalue weighted by molar-refractivity contribution is -0.384. The molecule has 1 aliphatic rings. The number of halogens is 1. The highest BCUT2D eigenvalue weighted by Crippen LogP contribution is 2.28. The Hall–Kier alpha value is -1.14. The van der Waals surface area contributed by atoms with Crippen LogP contribution in [0.5, 0.6) is 0 Å². The van der Waals surface area contributed by atoms with Crippen LogP contribution in [0.25, 0.3) is 0 Å². The molecule has 16 heavy (non-hydrogen) atoms. The van der Waals surface area contributed by atoms with Crippen molar-refractivity contribution in [1.82, 2.24) is 0 Å². The second-order valence-electron chi connectivity index (χ2n) is 3.63. The molecule has 1 heterocycles. The summed E-state index contributed by atoms with van der Waals surface area (Å²) in [5.74, 6) is 0. The van der Waals surface area contributed by atoms with Crippen molar-refractivity contribution in [2.75, 3.05) is 18.5 Å². The molecule has 2 rings (SSSR count). The monoisotopic (exact) mass is 286 g/mol. The van der Waals surface area contributed by atoms with E-state index in [4.69, 9.17) is 4.74 Å². The standard InChI is InChI=1S/C10H11BrN2O3/c11-9-5-8(13(14)15)1-2-10(9)12-7-3-4-16-6-7/h1-2,5,7,12H,3-4,6H2. The molecular formula is C10H11BrN2O3. The lowest BCUT2D eigenvalue weighted by atomic mass is 10.2. The molecular weight excluding hydrogens is 276 g/mol. The van der Waals surface area contributed by atoms with Gasteiger partial charge in [-0.15, -0.1) is 0 Å². The third-order valence-corrected chi connectivity index (χ3v) is 3.11. The Balaban J connectivity index is 2.12. The van der Waals surface area contributed by atoms with Crippen molar-refractivity contribution in [3.63, 3.8) is 0 Å². The Morgan fingerprint density at radius 3 is 2.94 bits per heavy atom. The maximum absolute atomic E-state index is 10.6. The highest BCUT2D eigenvalue weighted by molar-refractivity contribution is 9.10. The molecule has 1 N–H and O–H groups in total. The predicted molar refractivity (Wildman–Crippen MR) is 63.6 cm³/mol. The van der Waals surface area contributed by atoms with Crippen molar-refractivity contribution in [3.05, 3.63) is 32.8 Å². The van der Waals surface area contributed by atoms with Gasteiger partial charge < -0.3 is 10.1 Å². The molecule has 1 aromatic carbocycles. The van der Waals surface area contributed by atoms with Gasteiger partial charge >= 0.3 is 0 Å². The van der Waals surface area contributed by atoms with Crippen LogP contribution in [0.4, 0.5) is 11.4 Å². The number of nitrogens with zero attached hydrogens (tertiary/aromatic N) is 1. The summed E-state index contributed by atoms with van der Waals surface area (Å²) in [5.41, 5.74) is 0.946. The first-order chi connectivity index (χ1) is 7.66. The molecule has 0 saturated carbocycles. The van der Waals surface area contributed by atoms with E-state index >= 15 is 0 Å². The zero-order chi connectivity index (χ0) is 11.5. The van der Waals surface area contributed by atoms with E-state index in [2.05, 4.69) is 21.2 Å². The third-order valence-electron chi connectivity index (χ3n) is 2.45. The molecule has 0 aliphatic carbocycles. The van der Waals surface area contributed by atoms with Crippen LogP contribution < -0.4 is 5.32 Å². The summed E-state index contributed by atoms with van der Waals surface area (Å²) >= 11 is 3.31. The van der Waals surface area contributed by atoms with Gasteiger partial charge in [-0.25, -0.2) is 0 Å². The van der Waals surface area contributed by atoms with Crippen LogP contribution in [0.1, 0.15) is 6.42 Å². The summed E-state index contributed by atoms with van der Waals surface area (Å²) in [7, 11) is 0. The quantitative estimate of drug-likeness (QED) is 0.685. The lowest BCUT2D eigenvalue weighted by Gasteiger charge is -2.13. The highest BCUT2D eigenvalue weighted by Gasteiger charge is 2.17. The van der Waals surface area contributed by atoms with Gasteiger partial charge in [-0.1, -0.05) is 0 Å². The van der Waals surface area contributed by atoms with Crippen molar-refractivity contribution >= 4 is 27.3 Å². The predicted octanol–water partition coefficient (Wildman–Crippen LogP) is 2.56. The van der Waals surface area contributed by atoms with Crippen molar-refractivity contribution in [1.29, 1.82) is 0 Å². The van der Waals surface area contributed by atoms with Gasteiger partial charge in [0.2, 0.25) is 0 Å². The number of rotatable bonds is 3. The Morgan fingerprint density at radius 1 is 1.56 bits per heavy atom. The maximum Gasteiger partial charge on any atom is 0.270 e. The van der Waals surface area contributed by atoms with E-state index in [0.29, 0.717) is 11.1 Å². The van der Waals surface area contributed by atoms with Crippen LogP contribution in [0.15, 0.2) is 22.7 Å². The van der Waals surface area contributed by atoms with E-state index in [9.17, 15) is 10.1 Å². The minimum absolute atomic E-state index is 0.0834. The second-order valence-corrected chi connectivity index (χ2v) is 4.48. The fourth-order valence-corrected chi connectivity index (χ4v) is 2.08. The van der Waals surface area contributed by atoms with Crippen LogP contribution in [-0.2, 0) is 4.74 Å². The van der Waals surface area contributed by atoms with Gasteiger partial charge in [-0.05, 0) is 28.4 Å². The first kappa shape index (κ1) is 11.3. The number of hydrogen-bond acceptors (Lipinski definition) is 4. The maximum atomic E-state index is 10.6. The molecule has 0 aromatic heterocycles. The normalized spacial score (nSPS) is 19.7. The Labute approximate surface area is 101 Å². The van der Waals surface area contributed by atoms with Crippen LogP contribution >= 0.6 is 15.9 Å². The van der Waals surface area contributed by atoms with Crippen LogP contribution in [0, 0.1) is 10.1 Å². The molecule has 0 amide bonds. The Bertz CT molecular complexity index is 405. The summed E-state index contributed by atoms with van der Waals surface area (Å²) in [6.07, 6.45) is 0.962. The van der Waals surface area contributed by atoms with Gasteiger partial charge in [0.15, 0.2) is 0 Å². The van der Waals surface area contributed by atoms with E-state index in [0.717, 1.165) is 18.7 Å². The molecule has 1 unspecified atom stereocenters. The summed E-state index contributed by atoms with van der Waals surface area (Å²) in [6.45, 7) is 1.45. The third kappa shape index (κ3) is 2.51. The van der Waals surface area contributed by atoms with Crippen molar-refractivity contribution in [3.8, 4) is 0 Å². The molecule has 1 fully saturated rings. The number of anilines is 1. The molecule has 1 atom stereocenters. The van der Waals surface area contributed by atoms with Crippen molar-refractivity contribution < 1.29 is 9.66 Å². The molecule has 0 bridgehead atoms. The fourth-order valence-electron chi connectivity index (χ4n) is 1.60. The topological polar surface area (TPSA) is 64.4 Å². The number of nitro benzene ring substituents is 1. The molecule has 1 aliphatic heterocycles. The largest absolute Gasteiger partial charge is 0.379 e. The lowest BCUT2D eigenvalue weighted by Crippen LogP contribution is -2.19. The number of hydrogen-bond donors (Lipinski definition) is 1. The van der Waals surface area contributed by atoms with Gasteiger partial charge in [0.05, 0.1) is 17.6 Å². The van der Waals surface area contributed by atoms with Crippen LogP contribution in [0.2, 0.25) is 0 Å². The van der Waals surface area contributed by atoms with E-state index in [1.807, 2.05) is 0 Å². The van der Waals surface area contributed by atoms with Gasteiger partial charge in [-0.3, -0.25) is 10.1 Å². The average Bonchev–Trinajstić information content (AvgIpc) is 2.73. The van der Waals surface area contributed by atoms with Gasteiger partial charge in [0, 0.05) is 28.9 Å². The zero-order valence-electron chi connectivity index (χ0n) is 8.48. The van der Waals surface area contributed by atoms with Crippen LogP contribution in [0.3, 0.4) is 0 Å². The summed E-state index contributed by atoms with van der Waals surface area (Å²) in [5, 5.41) is 13.8. The number of benzene rings is 1. The highest BCUT2D eigenvalue weighted by atomic mass is 79.9. The molecule has 1 aromatic rings. The molecule has 5 nitrogen and oxygen atoms in total. The number of nitro groups is 1. The Kier molecular flexibility index (Phi) is 3.40. The summed E-state index contributed by atoms with van der Waals surface area (Å²) in [6, 6.07) is 4.99. The molecule has 6 heteroatoms. The Morgan fingerprint density at radius 2 is 2.38 bits per heavy atom. The summed E-state index contributed by atoms with van der Waals surface area (Å²) < 4.78 is 5.95. The second kappa shape index (κ2) is 4.80. The first-order valence-corrected chi connectivity index (χ1v) is 5.74. The zero-order valence-corrected chi connectivity index (χ0v) is 10.1. The molecule has 0 spiro atoms. The number of ether oxygens (including phenoxy) is 1. The van der Waals surface area contributed by atoms with E-state index in [1.165, 1.54) is 12.1 Å². The SMILES string of the molecule is O=[N+]([O-])c1ccc(NC2CCOC2)c(Br)c1. The summed E-state index contributed by atoms with van der Waals surface area (Å²) in [4.78, 5) is 10.1. The fraction of sp³-hybridized carbons (Fsp3) is 0.400. The minimum atomic E-state index is -0.410.